The third-order valence-electron chi connectivity index (χ3n) is 3.05. The molecule has 1 aliphatic heterocycles. The molecule has 2 heterocycles. The van der Waals surface area contributed by atoms with Crippen LogP contribution >= 0.6 is 15.9 Å². The Kier molecular flexibility index (Phi) is 1.48. The van der Waals surface area contributed by atoms with Crippen molar-refractivity contribution in [2.45, 2.75) is 12.8 Å². The number of hydrogen-bond donors (Lipinski definition) is 0. The van der Waals surface area contributed by atoms with Crippen molar-refractivity contribution in [2.75, 3.05) is 18.0 Å². The van der Waals surface area contributed by atoms with E-state index in [4.69, 9.17) is 0 Å². The molecule has 0 aromatic carbocycles. The van der Waals surface area contributed by atoms with Gasteiger partial charge < -0.3 is 4.90 Å². The van der Waals surface area contributed by atoms with Gasteiger partial charge in [-0.15, -0.1) is 0 Å². The van der Waals surface area contributed by atoms with Crippen LogP contribution in [-0.4, -0.2) is 18.1 Å². The quantitative estimate of drug-likeness (QED) is 0.748. The molecule has 2 aliphatic rings. The maximum atomic E-state index is 4.37. The smallest absolute Gasteiger partial charge is 0.142 e. The molecule has 68 valence electrons. The van der Waals surface area contributed by atoms with E-state index in [-0.39, 0.29) is 0 Å². The summed E-state index contributed by atoms with van der Waals surface area (Å²) in [6.07, 6.45) is 4.71. The van der Waals surface area contributed by atoms with Crippen LogP contribution in [0.15, 0.2) is 22.8 Å². The maximum absolute atomic E-state index is 4.37. The summed E-state index contributed by atoms with van der Waals surface area (Å²) >= 11 is 3.53. The zero-order valence-corrected chi connectivity index (χ0v) is 8.92. The summed E-state index contributed by atoms with van der Waals surface area (Å²) < 4.78 is 1.12. The Labute approximate surface area is 86.1 Å². The predicted molar refractivity (Wildman–Crippen MR) is 55.8 cm³/mol. The van der Waals surface area contributed by atoms with E-state index in [1.54, 1.807) is 0 Å². The number of rotatable bonds is 1. The van der Waals surface area contributed by atoms with Gasteiger partial charge in [-0.3, -0.25) is 0 Å². The second-order valence-electron chi connectivity index (χ2n) is 4.16. The number of aromatic nitrogens is 1. The monoisotopic (exact) mass is 238 g/mol. The van der Waals surface area contributed by atoms with E-state index in [9.17, 15) is 0 Å². The molecule has 0 radical (unpaired) electrons. The van der Waals surface area contributed by atoms with E-state index < -0.39 is 0 Å². The van der Waals surface area contributed by atoms with E-state index in [0.29, 0.717) is 5.41 Å². The number of halogens is 1. The highest BCUT2D eigenvalue weighted by molar-refractivity contribution is 9.10. The molecule has 0 N–H and O–H groups in total. The third-order valence-corrected chi connectivity index (χ3v) is 3.67. The SMILES string of the molecule is Brc1cccnc1N1CC2(CC2)C1. The maximum Gasteiger partial charge on any atom is 0.142 e. The summed E-state index contributed by atoms with van der Waals surface area (Å²) in [4.78, 5) is 6.73. The van der Waals surface area contributed by atoms with E-state index >= 15 is 0 Å². The first-order valence-corrected chi connectivity index (χ1v) is 5.44. The highest BCUT2D eigenvalue weighted by Gasteiger charge is 2.52. The molecule has 0 bridgehead atoms. The van der Waals surface area contributed by atoms with Gasteiger partial charge in [0.25, 0.3) is 0 Å². The Morgan fingerprint density at radius 2 is 2.15 bits per heavy atom. The van der Waals surface area contributed by atoms with E-state index in [2.05, 4.69) is 31.9 Å². The molecule has 3 heteroatoms. The minimum Gasteiger partial charge on any atom is -0.354 e. The Hall–Kier alpha value is -0.570. The highest BCUT2D eigenvalue weighted by atomic mass is 79.9. The van der Waals surface area contributed by atoms with Gasteiger partial charge in [0, 0.05) is 24.7 Å². The van der Waals surface area contributed by atoms with Crippen molar-refractivity contribution in [2.24, 2.45) is 5.41 Å². The van der Waals surface area contributed by atoms with Crippen molar-refractivity contribution in [1.29, 1.82) is 0 Å². The van der Waals surface area contributed by atoms with Crippen molar-refractivity contribution in [1.82, 2.24) is 4.98 Å². The molecule has 1 spiro atoms. The summed E-state index contributed by atoms with van der Waals surface area (Å²) in [5.41, 5.74) is 0.705. The minimum absolute atomic E-state index is 0.705. The van der Waals surface area contributed by atoms with Crippen LogP contribution in [0.3, 0.4) is 0 Å². The third kappa shape index (κ3) is 1.17. The lowest BCUT2D eigenvalue weighted by atomic mass is 9.97. The molecule has 1 aliphatic carbocycles. The first-order valence-electron chi connectivity index (χ1n) is 4.65. The van der Waals surface area contributed by atoms with Crippen molar-refractivity contribution in [3.63, 3.8) is 0 Å². The molecular weight excluding hydrogens is 228 g/mol. The van der Waals surface area contributed by atoms with Gasteiger partial charge in [-0.2, -0.15) is 0 Å². The first kappa shape index (κ1) is 7.80. The fourth-order valence-corrected chi connectivity index (χ4v) is 2.52. The Balaban J connectivity index is 1.82. The average Bonchev–Trinajstić information content (AvgIpc) is 2.82. The molecule has 1 aromatic heterocycles. The molecule has 2 nitrogen and oxygen atoms in total. The lowest BCUT2D eigenvalue weighted by Gasteiger charge is -2.41. The summed E-state index contributed by atoms with van der Waals surface area (Å²) in [6, 6.07) is 4.01. The Morgan fingerprint density at radius 1 is 1.38 bits per heavy atom. The molecule has 2 fully saturated rings. The predicted octanol–water partition coefficient (Wildman–Crippen LogP) is 2.44. The fraction of sp³-hybridized carbons (Fsp3) is 0.500. The average molecular weight is 239 g/mol. The van der Waals surface area contributed by atoms with Crippen LogP contribution in [0.25, 0.3) is 0 Å². The second kappa shape index (κ2) is 2.47. The van der Waals surface area contributed by atoms with Crippen LogP contribution < -0.4 is 4.90 Å². The van der Waals surface area contributed by atoms with Crippen molar-refractivity contribution in [3.05, 3.63) is 22.8 Å². The zero-order valence-electron chi connectivity index (χ0n) is 7.33. The standard InChI is InChI=1S/C10H11BrN2/c11-8-2-1-5-12-9(8)13-6-10(7-13)3-4-10/h1-2,5H,3-4,6-7H2. The summed E-state index contributed by atoms with van der Waals surface area (Å²) in [7, 11) is 0. The van der Waals surface area contributed by atoms with E-state index in [1.165, 1.54) is 25.9 Å². The lowest BCUT2D eigenvalue weighted by molar-refractivity contribution is 0.384. The topological polar surface area (TPSA) is 16.1 Å². The molecule has 1 saturated carbocycles. The molecule has 13 heavy (non-hydrogen) atoms. The molecule has 0 atom stereocenters. The number of nitrogens with zero attached hydrogens (tertiary/aromatic N) is 2. The Morgan fingerprint density at radius 3 is 2.77 bits per heavy atom. The molecule has 1 saturated heterocycles. The van der Waals surface area contributed by atoms with Crippen LogP contribution in [0, 0.1) is 5.41 Å². The van der Waals surface area contributed by atoms with Gasteiger partial charge in [0.15, 0.2) is 0 Å². The minimum atomic E-state index is 0.705. The van der Waals surface area contributed by atoms with Gasteiger partial charge in [0.05, 0.1) is 4.47 Å². The van der Waals surface area contributed by atoms with Gasteiger partial charge in [0.1, 0.15) is 5.82 Å². The van der Waals surface area contributed by atoms with Gasteiger partial charge in [-0.05, 0) is 40.9 Å². The van der Waals surface area contributed by atoms with Crippen LogP contribution in [0.2, 0.25) is 0 Å². The molecule has 0 amide bonds. The molecule has 1 aromatic rings. The van der Waals surface area contributed by atoms with Crippen molar-refractivity contribution in [3.8, 4) is 0 Å². The van der Waals surface area contributed by atoms with Crippen LogP contribution in [0.5, 0.6) is 0 Å². The summed E-state index contributed by atoms with van der Waals surface area (Å²) in [6.45, 7) is 2.42. The van der Waals surface area contributed by atoms with Crippen molar-refractivity contribution >= 4 is 21.7 Å². The number of anilines is 1. The van der Waals surface area contributed by atoms with E-state index in [1.807, 2.05) is 12.3 Å². The number of hydrogen-bond acceptors (Lipinski definition) is 2. The van der Waals surface area contributed by atoms with Crippen molar-refractivity contribution < 1.29 is 0 Å². The number of pyridine rings is 1. The highest BCUT2D eigenvalue weighted by Crippen LogP contribution is 2.54. The summed E-state index contributed by atoms with van der Waals surface area (Å²) in [5, 5.41) is 0. The fourth-order valence-electron chi connectivity index (χ4n) is 2.02. The summed E-state index contributed by atoms with van der Waals surface area (Å²) in [5.74, 6) is 1.11. The van der Waals surface area contributed by atoms with Crippen LogP contribution in [0.4, 0.5) is 5.82 Å². The van der Waals surface area contributed by atoms with E-state index in [0.717, 1.165) is 10.3 Å². The van der Waals surface area contributed by atoms with Crippen LogP contribution in [0.1, 0.15) is 12.8 Å². The van der Waals surface area contributed by atoms with Gasteiger partial charge in [-0.25, -0.2) is 4.98 Å². The lowest BCUT2D eigenvalue weighted by Crippen LogP contribution is -2.49. The Bertz CT molecular complexity index is 339. The van der Waals surface area contributed by atoms with Crippen LogP contribution in [-0.2, 0) is 0 Å². The second-order valence-corrected chi connectivity index (χ2v) is 5.02. The first-order chi connectivity index (χ1) is 6.29. The molecule has 0 unspecified atom stereocenters. The van der Waals surface area contributed by atoms with Gasteiger partial charge >= 0.3 is 0 Å². The van der Waals surface area contributed by atoms with Gasteiger partial charge in [0.2, 0.25) is 0 Å². The molecular formula is C10H11BrN2. The largest absolute Gasteiger partial charge is 0.354 e. The zero-order chi connectivity index (χ0) is 8.89. The molecule has 3 rings (SSSR count). The van der Waals surface area contributed by atoms with Gasteiger partial charge in [-0.1, -0.05) is 0 Å². The normalized spacial score (nSPS) is 23.0.